The monoisotopic (exact) mass is 368 g/mol. The summed E-state index contributed by atoms with van der Waals surface area (Å²) in [5.41, 5.74) is -0.961. The van der Waals surface area contributed by atoms with Gasteiger partial charge in [0.05, 0.1) is 16.3 Å². The average molecular weight is 370 g/mol. The zero-order valence-corrected chi connectivity index (χ0v) is 11.9. The van der Waals surface area contributed by atoms with Gasteiger partial charge in [-0.25, -0.2) is 9.37 Å². The van der Waals surface area contributed by atoms with Crippen LogP contribution in [-0.2, 0) is 6.18 Å². The van der Waals surface area contributed by atoms with Crippen molar-refractivity contribution < 1.29 is 17.6 Å². The van der Waals surface area contributed by atoms with E-state index in [2.05, 4.69) is 26.2 Å². The van der Waals surface area contributed by atoms with E-state index in [4.69, 9.17) is 11.6 Å². The molecule has 1 heterocycles. The van der Waals surface area contributed by atoms with Gasteiger partial charge in [-0.15, -0.1) is 0 Å². The molecule has 0 saturated heterocycles. The van der Waals surface area contributed by atoms with Crippen molar-refractivity contribution in [2.45, 2.75) is 6.18 Å². The van der Waals surface area contributed by atoms with E-state index in [1.165, 1.54) is 6.20 Å². The molecule has 8 heteroatoms. The highest BCUT2D eigenvalue weighted by molar-refractivity contribution is 9.10. The molecule has 0 aliphatic rings. The molecule has 1 aromatic carbocycles. The van der Waals surface area contributed by atoms with E-state index in [9.17, 15) is 17.6 Å². The molecule has 106 valence electrons. The molecular formula is C12H6BrClF4N2. The van der Waals surface area contributed by atoms with Crippen LogP contribution in [0.5, 0.6) is 0 Å². The molecule has 0 bridgehead atoms. The smallest absolute Gasteiger partial charge is 0.337 e. The Labute approximate surface area is 124 Å². The molecule has 1 N–H and O–H groups in total. The summed E-state index contributed by atoms with van der Waals surface area (Å²) in [5.74, 6) is -0.928. The number of rotatable bonds is 2. The first-order chi connectivity index (χ1) is 9.27. The van der Waals surface area contributed by atoms with Gasteiger partial charge in [0.2, 0.25) is 0 Å². The van der Waals surface area contributed by atoms with Crippen LogP contribution in [-0.4, -0.2) is 4.98 Å². The molecule has 0 amide bonds. The van der Waals surface area contributed by atoms with Crippen LogP contribution < -0.4 is 5.32 Å². The Morgan fingerprint density at radius 2 is 1.90 bits per heavy atom. The zero-order chi connectivity index (χ0) is 14.9. The third-order valence-corrected chi connectivity index (χ3v) is 3.12. The maximum atomic E-state index is 13.6. The largest absolute Gasteiger partial charge is 0.416 e. The molecule has 1 aromatic heterocycles. The van der Waals surface area contributed by atoms with Gasteiger partial charge < -0.3 is 5.32 Å². The molecule has 2 rings (SSSR count). The molecule has 20 heavy (non-hydrogen) atoms. The van der Waals surface area contributed by atoms with Crippen molar-refractivity contribution >= 4 is 39.0 Å². The molecule has 0 aliphatic carbocycles. The molecule has 0 saturated carbocycles. The number of alkyl halides is 3. The van der Waals surface area contributed by atoms with Crippen LogP contribution in [0.15, 0.2) is 34.9 Å². The van der Waals surface area contributed by atoms with Crippen molar-refractivity contribution in [3.05, 3.63) is 51.3 Å². The van der Waals surface area contributed by atoms with Crippen LogP contribution in [0.25, 0.3) is 0 Å². The van der Waals surface area contributed by atoms with Crippen molar-refractivity contribution in [2.24, 2.45) is 0 Å². The molecule has 2 aromatic rings. The Balaban J connectivity index is 2.38. The maximum absolute atomic E-state index is 13.6. The molecule has 0 unspecified atom stereocenters. The predicted molar refractivity (Wildman–Crippen MR) is 71.6 cm³/mol. The van der Waals surface area contributed by atoms with E-state index in [1.807, 2.05) is 0 Å². The van der Waals surface area contributed by atoms with Gasteiger partial charge in [-0.1, -0.05) is 11.6 Å². The molecule has 0 radical (unpaired) electrons. The van der Waals surface area contributed by atoms with E-state index < -0.39 is 17.6 Å². The van der Waals surface area contributed by atoms with Crippen LogP contribution in [0.3, 0.4) is 0 Å². The minimum atomic E-state index is -4.51. The first-order valence-corrected chi connectivity index (χ1v) is 6.39. The summed E-state index contributed by atoms with van der Waals surface area (Å²) in [5, 5.41) is 2.47. The lowest BCUT2D eigenvalue weighted by Gasteiger charge is -2.12. The quantitative estimate of drug-likeness (QED) is 0.717. The summed E-state index contributed by atoms with van der Waals surface area (Å²) in [6.07, 6.45) is -3.19. The second-order valence-electron chi connectivity index (χ2n) is 3.80. The highest BCUT2D eigenvalue weighted by atomic mass is 79.9. The summed E-state index contributed by atoms with van der Waals surface area (Å²) in [4.78, 5) is 3.73. The Bertz CT molecular complexity index is 646. The third kappa shape index (κ3) is 3.40. The minimum absolute atomic E-state index is 0.0297. The number of benzene rings is 1. The van der Waals surface area contributed by atoms with Gasteiger partial charge in [0, 0.05) is 10.7 Å². The number of hydrogen-bond donors (Lipinski definition) is 1. The maximum Gasteiger partial charge on any atom is 0.416 e. The number of hydrogen-bond acceptors (Lipinski definition) is 2. The Morgan fingerprint density at radius 1 is 1.20 bits per heavy atom. The average Bonchev–Trinajstić information content (AvgIpc) is 2.33. The Morgan fingerprint density at radius 3 is 2.50 bits per heavy atom. The molecule has 0 spiro atoms. The summed E-state index contributed by atoms with van der Waals surface area (Å²) in [7, 11) is 0. The van der Waals surface area contributed by atoms with Crippen molar-refractivity contribution in [1.29, 1.82) is 0 Å². The second kappa shape index (κ2) is 5.57. The van der Waals surface area contributed by atoms with Crippen molar-refractivity contribution in [1.82, 2.24) is 4.98 Å². The van der Waals surface area contributed by atoms with E-state index in [-0.39, 0.29) is 16.5 Å². The normalized spacial score (nSPS) is 11.5. The summed E-state index contributed by atoms with van der Waals surface area (Å²) in [6, 6.07) is 3.87. The number of halogens is 6. The third-order valence-electron chi connectivity index (χ3n) is 2.35. The van der Waals surface area contributed by atoms with E-state index in [0.29, 0.717) is 4.47 Å². The van der Waals surface area contributed by atoms with Crippen molar-refractivity contribution in [3.8, 4) is 0 Å². The number of pyridine rings is 1. The standard InChI is InChI=1S/C12H6BrClF4N2/c13-7-4-9(15)11(19-5-7)20-10-3-6(12(16,17)18)1-2-8(10)14/h1-5H,(H,19,20). The summed E-state index contributed by atoms with van der Waals surface area (Å²) >= 11 is 8.82. The van der Waals surface area contributed by atoms with Gasteiger partial charge in [-0.05, 0) is 40.2 Å². The highest BCUT2D eigenvalue weighted by Crippen LogP contribution is 2.35. The SMILES string of the molecule is Fc1cc(Br)cnc1Nc1cc(C(F)(F)F)ccc1Cl. The van der Waals surface area contributed by atoms with Crippen LogP contribution in [0.4, 0.5) is 29.1 Å². The first kappa shape index (κ1) is 15.1. The molecule has 0 aliphatic heterocycles. The fourth-order valence-electron chi connectivity index (χ4n) is 1.43. The molecule has 2 nitrogen and oxygen atoms in total. The molecule has 0 atom stereocenters. The van der Waals surface area contributed by atoms with Gasteiger partial charge in [0.1, 0.15) is 0 Å². The van der Waals surface area contributed by atoms with Gasteiger partial charge in [-0.3, -0.25) is 0 Å². The predicted octanol–water partition coefficient (Wildman–Crippen LogP) is 5.40. The fourth-order valence-corrected chi connectivity index (χ4v) is 1.90. The number of nitrogens with zero attached hydrogens (tertiary/aromatic N) is 1. The number of anilines is 2. The number of nitrogens with one attached hydrogen (secondary N) is 1. The van der Waals surface area contributed by atoms with Gasteiger partial charge in [0.15, 0.2) is 11.6 Å². The first-order valence-electron chi connectivity index (χ1n) is 5.22. The van der Waals surface area contributed by atoms with E-state index in [1.54, 1.807) is 0 Å². The van der Waals surface area contributed by atoms with Gasteiger partial charge in [-0.2, -0.15) is 13.2 Å². The molecule has 0 fully saturated rings. The zero-order valence-electron chi connectivity index (χ0n) is 9.60. The van der Waals surface area contributed by atoms with Gasteiger partial charge >= 0.3 is 6.18 Å². The lowest BCUT2D eigenvalue weighted by atomic mass is 10.2. The highest BCUT2D eigenvalue weighted by Gasteiger charge is 2.31. The second-order valence-corrected chi connectivity index (χ2v) is 5.12. The van der Waals surface area contributed by atoms with Gasteiger partial charge in [0.25, 0.3) is 0 Å². The minimum Gasteiger partial charge on any atom is -0.337 e. The van der Waals surface area contributed by atoms with E-state index >= 15 is 0 Å². The fraction of sp³-hybridized carbons (Fsp3) is 0.0833. The van der Waals surface area contributed by atoms with Crippen LogP contribution in [0, 0.1) is 5.82 Å². The molecular weight excluding hydrogens is 363 g/mol. The Kier molecular flexibility index (Phi) is 4.19. The van der Waals surface area contributed by atoms with Crippen LogP contribution in [0.1, 0.15) is 5.56 Å². The lowest BCUT2D eigenvalue weighted by molar-refractivity contribution is -0.137. The van der Waals surface area contributed by atoms with Crippen molar-refractivity contribution in [3.63, 3.8) is 0 Å². The topological polar surface area (TPSA) is 24.9 Å². The summed E-state index contributed by atoms with van der Waals surface area (Å²) < 4.78 is 51.8. The van der Waals surface area contributed by atoms with Crippen molar-refractivity contribution in [2.75, 3.05) is 5.32 Å². The lowest BCUT2D eigenvalue weighted by Crippen LogP contribution is -2.06. The number of aromatic nitrogens is 1. The van der Waals surface area contributed by atoms with E-state index in [0.717, 1.165) is 24.3 Å². The van der Waals surface area contributed by atoms with Crippen LogP contribution in [0.2, 0.25) is 5.02 Å². The summed E-state index contributed by atoms with van der Waals surface area (Å²) in [6.45, 7) is 0. The van der Waals surface area contributed by atoms with Crippen LogP contribution >= 0.6 is 27.5 Å². The Hall–Kier alpha value is -1.34.